The van der Waals surface area contributed by atoms with E-state index in [1.807, 2.05) is 12.1 Å². The minimum Gasteiger partial charge on any atom is -0.508 e. The summed E-state index contributed by atoms with van der Waals surface area (Å²) in [4.78, 5) is 0. The van der Waals surface area contributed by atoms with Gasteiger partial charge >= 0.3 is 0 Å². The van der Waals surface area contributed by atoms with Gasteiger partial charge in [0.15, 0.2) is 0 Å². The molecule has 4 atom stereocenters. The van der Waals surface area contributed by atoms with Crippen molar-refractivity contribution in [3.8, 4) is 5.75 Å². The summed E-state index contributed by atoms with van der Waals surface area (Å²) in [6.45, 7) is 8.12. The SMILES string of the molecule is CC(C)Cn1ncc2c1[C@@]1(C)CCC3c4ccc(O)cc4CCC3C1C2. The zero-order chi connectivity index (χ0) is 18.1. The molecule has 1 N–H and O–H groups in total. The highest BCUT2D eigenvalue weighted by Crippen LogP contribution is 2.60. The van der Waals surface area contributed by atoms with E-state index in [0.717, 1.165) is 24.8 Å². The summed E-state index contributed by atoms with van der Waals surface area (Å²) < 4.78 is 2.33. The number of aromatic nitrogens is 2. The minimum atomic E-state index is 0.288. The lowest BCUT2D eigenvalue weighted by molar-refractivity contribution is 0.0992. The van der Waals surface area contributed by atoms with Gasteiger partial charge < -0.3 is 5.11 Å². The minimum absolute atomic E-state index is 0.288. The molecule has 1 fully saturated rings. The number of nitrogens with zero attached hydrogens (tertiary/aromatic N) is 2. The molecule has 1 heterocycles. The van der Waals surface area contributed by atoms with Crippen LogP contribution in [0.25, 0.3) is 0 Å². The van der Waals surface area contributed by atoms with E-state index in [2.05, 4.69) is 37.7 Å². The van der Waals surface area contributed by atoms with Crippen LogP contribution in [0.4, 0.5) is 0 Å². The summed E-state index contributed by atoms with van der Waals surface area (Å²) in [7, 11) is 0. The number of phenols is 1. The zero-order valence-electron chi connectivity index (χ0n) is 16.2. The average Bonchev–Trinajstić information content (AvgIpc) is 3.12. The second-order valence-electron chi connectivity index (χ2n) is 9.55. The first-order valence-electron chi connectivity index (χ1n) is 10.3. The largest absolute Gasteiger partial charge is 0.508 e. The third-order valence-corrected chi connectivity index (χ3v) is 7.53. The van der Waals surface area contributed by atoms with E-state index in [1.165, 1.54) is 42.4 Å². The summed E-state index contributed by atoms with van der Waals surface area (Å²) in [5.41, 5.74) is 6.25. The van der Waals surface area contributed by atoms with Crippen LogP contribution >= 0.6 is 0 Å². The van der Waals surface area contributed by atoms with Gasteiger partial charge in [-0.3, -0.25) is 4.68 Å². The van der Waals surface area contributed by atoms with Crippen molar-refractivity contribution in [3.05, 3.63) is 46.8 Å². The maximum atomic E-state index is 9.86. The lowest BCUT2D eigenvalue weighted by atomic mass is 9.55. The van der Waals surface area contributed by atoms with Crippen LogP contribution < -0.4 is 0 Å². The van der Waals surface area contributed by atoms with Crippen LogP contribution in [0.3, 0.4) is 0 Å². The van der Waals surface area contributed by atoms with Gasteiger partial charge in [0.1, 0.15) is 5.75 Å². The molecule has 2 aromatic rings. The van der Waals surface area contributed by atoms with E-state index < -0.39 is 0 Å². The Kier molecular flexibility index (Phi) is 3.54. The van der Waals surface area contributed by atoms with Crippen LogP contribution in [0.2, 0.25) is 0 Å². The van der Waals surface area contributed by atoms with Gasteiger partial charge in [0.05, 0.1) is 6.20 Å². The van der Waals surface area contributed by atoms with Crippen molar-refractivity contribution >= 4 is 0 Å². The van der Waals surface area contributed by atoms with Crippen LogP contribution in [-0.2, 0) is 24.8 Å². The predicted molar refractivity (Wildman–Crippen MR) is 104 cm³/mol. The third kappa shape index (κ3) is 2.22. The molecule has 5 rings (SSSR count). The van der Waals surface area contributed by atoms with Crippen LogP contribution in [0.1, 0.15) is 68.3 Å². The Hall–Kier alpha value is -1.77. The van der Waals surface area contributed by atoms with Crippen molar-refractivity contribution in [2.45, 2.75) is 70.8 Å². The van der Waals surface area contributed by atoms with E-state index in [9.17, 15) is 5.11 Å². The third-order valence-electron chi connectivity index (χ3n) is 7.53. The molecule has 0 amide bonds. The van der Waals surface area contributed by atoms with Crippen molar-refractivity contribution < 1.29 is 5.11 Å². The highest BCUT2D eigenvalue weighted by molar-refractivity contribution is 5.43. The van der Waals surface area contributed by atoms with E-state index in [1.54, 1.807) is 5.69 Å². The number of rotatable bonds is 2. The fourth-order valence-corrected chi connectivity index (χ4v) is 6.52. The van der Waals surface area contributed by atoms with E-state index in [4.69, 9.17) is 5.10 Å². The highest BCUT2D eigenvalue weighted by atomic mass is 16.3. The molecular formula is C23H30N2O. The fraction of sp³-hybridized carbons (Fsp3) is 0.609. The molecule has 0 bridgehead atoms. The van der Waals surface area contributed by atoms with Crippen molar-refractivity contribution in [3.63, 3.8) is 0 Å². The molecule has 0 spiro atoms. The van der Waals surface area contributed by atoms with Crippen molar-refractivity contribution in [1.29, 1.82) is 0 Å². The number of phenolic OH excluding ortho intramolecular Hbond substituents is 1. The number of aromatic hydroxyl groups is 1. The van der Waals surface area contributed by atoms with Gasteiger partial charge in [0.25, 0.3) is 0 Å². The molecule has 3 aliphatic rings. The summed E-state index contributed by atoms with van der Waals surface area (Å²) in [6.07, 6.45) is 8.27. The zero-order valence-corrected chi connectivity index (χ0v) is 16.2. The number of hydrogen-bond acceptors (Lipinski definition) is 2. The smallest absolute Gasteiger partial charge is 0.115 e. The molecule has 3 unspecified atom stereocenters. The highest BCUT2D eigenvalue weighted by Gasteiger charge is 2.54. The van der Waals surface area contributed by atoms with E-state index in [-0.39, 0.29) is 5.41 Å². The Balaban J connectivity index is 1.51. The van der Waals surface area contributed by atoms with Gasteiger partial charge in [-0.2, -0.15) is 5.10 Å². The number of benzene rings is 1. The predicted octanol–water partition coefficient (Wildman–Crippen LogP) is 4.81. The van der Waals surface area contributed by atoms with E-state index in [0.29, 0.717) is 17.6 Å². The summed E-state index contributed by atoms with van der Waals surface area (Å²) in [6, 6.07) is 6.09. The lowest BCUT2D eigenvalue weighted by Crippen LogP contribution is -2.44. The molecule has 0 aliphatic heterocycles. The Morgan fingerprint density at radius 3 is 2.92 bits per heavy atom. The van der Waals surface area contributed by atoms with Gasteiger partial charge in [-0.15, -0.1) is 0 Å². The fourth-order valence-electron chi connectivity index (χ4n) is 6.52. The standard InChI is InChI=1S/C23H30N2O/c1-14(2)13-25-22-16(12-24-25)11-21-20-6-4-15-10-17(26)5-7-18(15)19(20)8-9-23(21,22)3/h5,7,10,12,14,19-21,26H,4,6,8-9,11,13H2,1-3H3/t19?,20?,21?,23-/m0/s1. The van der Waals surface area contributed by atoms with Gasteiger partial charge in [-0.1, -0.05) is 26.8 Å². The van der Waals surface area contributed by atoms with Gasteiger partial charge in [0.2, 0.25) is 0 Å². The number of aryl methyl sites for hydroxylation is 1. The molecule has 1 aromatic heterocycles. The molecule has 1 saturated carbocycles. The molecule has 3 nitrogen and oxygen atoms in total. The second kappa shape index (κ2) is 5.61. The van der Waals surface area contributed by atoms with Crippen molar-refractivity contribution in [2.24, 2.45) is 17.8 Å². The molecule has 0 radical (unpaired) electrons. The molecule has 0 saturated heterocycles. The summed E-state index contributed by atoms with van der Waals surface area (Å²) in [5, 5.41) is 14.6. The molecule has 1 aromatic carbocycles. The monoisotopic (exact) mass is 350 g/mol. The Morgan fingerprint density at radius 2 is 2.12 bits per heavy atom. The Morgan fingerprint density at radius 1 is 1.27 bits per heavy atom. The first kappa shape index (κ1) is 16.4. The first-order chi connectivity index (χ1) is 12.5. The van der Waals surface area contributed by atoms with Crippen molar-refractivity contribution in [1.82, 2.24) is 9.78 Å². The summed E-state index contributed by atoms with van der Waals surface area (Å²) >= 11 is 0. The van der Waals surface area contributed by atoms with Gasteiger partial charge in [0, 0.05) is 17.7 Å². The maximum Gasteiger partial charge on any atom is 0.115 e. The quantitative estimate of drug-likeness (QED) is 0.843. The molecular weight excluding hydrogens is 320 g/mol. The Bertz CT molecular complexity index is 852. The van der Waals surface area contributed by atoms with Crippen LogP contribution in [0.5, 0.6) is 5.75 Å². The van der Waals surface area contributed by atoms with Crippen molar-refractivity contribution in [2.75, 3.05) is 0 Å². The van der Waals surface area contributed by atoms with Crippen LogP contribution in [0.15, 0.2) is 24.4 Å². The second-order valence-corrected chi connectivity index (χ2v) is 9.55. The molecule has 3 aliphatic carbocycles. The molecule has 26 heavy (non-hydrogen) atoms. The molecule has 138 valence electrons. The number of fused-ring (bicyclic) bond motifs is 7. The van der Waals surface area contributed by atoms with Gasteiger partial charge in [-0.25, -0.2) is 0 Å². The normalized spacial score (nSPS) is 32.1. The first-order valence-corrected chi connectivity index (χ1v) is 10.3. The maximum absolute atomic E-state index is 9.86. The average molecular weight is 351 g/mol. The topological polar surface area (TPSA) is 38.0 Å². The molecule has 3 heteroatoms. The van der Waals surface area contributed by atoms with Crippen LogP contribution in [-0.4, -0.2) is 14.9 Å². The van der Waals surface area contributed by atoms with E-state index >= 15 is 0 Å². The number of hydrogen-bond donors (Lipinski definition) is 1. The lowest BCUT2D eigenvalue weighted by Gasteiger charge is -2.49. The Labute approximate surface area is 156 Å². The van der Waals surface area contributed by atoms with Gasteiger partial charge in [-0.05, 0) is 84.6 Å². The summed E-state index contributed by atoms with van der Waals surface area (Å²) in [5.74, 6) is 3.24. The van der Waals surface area contributed by atoms with Crippen LogP contribution in [0, 0.1) is 17.8 Å².